The summed E-state index contributed by atoms with van der Waals surface area (Å²) in [5, 5.41) is 2.77. The van der Waals surface area contributed by atoms with Crippen LogP contribution in [0.2, 0.25) is 0 Å². The van der Waals surface area contributed by atoms with E-state index in [4.69, 9.17) is 0 Å². The molecule has 27 heavy (non-hydrogen) atoms. The third-order valence-corrected chi connectivity index (χ3v) is 6.30. The topological polar surface area (TPSA) is 69.7 Å². The lowest BCUT2D eigenvalue weighted by Gasteiger charge is -2.31. The molecular formula is C17H24F3N3O3S. The van der Waals surface area contributed by atoms with Crippen molar-refractivity contribution in [1.29, 1.82) is 0 Å². The van der Waals surface area contributed by atoms with Crippen LogP contribution in [0, 0.1) is 5.92 Å². The van der Waals surface area contributed by atoms with Gasteiger partial charge in [0.25, 0.3) is 0 Å². The smallest absolute Gasteiger partial charge is 0.338 e. The van der Waals surface area contributed by atoms with Crippen LogP contribution in [-0.2, 0) is 16.4 Å². The lowest BCUT2D eigenvalue weighted by atomic mass is 9.98. The summed E-state index contributed by atoms with van der Waals surface area (Å²) >= 11 is 0. The number of nitrogens with zero attached hydrogens (tertiary/aromatic N) is 2. The number of hydrogen-bond acceptors (Lipinski definition) is 3. The van der Waals surface area contributed by atoms with Crippen LogP contribution in [0.15, 0.2) is 30.3 Å². The summed E-state index contributed by atoms with van der Waals surface area (Å²) in [6.07, 6.45) is 1.28. The Balaban J connectivity index is 1.72. The molecule has 1 fully saturated rings. The zero-order valence-electron chi connectivity index (χ0n) is 15.1. The molecule has 0 saturated carbocycles. The summed E-state index contributed by atoms with van der Waals surface area (Å²) in [5.74, 6) is -0.0452. The molecule has 1 aromatic rings. The fourth-order valence-electron chi connectivity index (χ4n) is 2.91. The van der Waals surface area contributed by atoms with E-state index in [0.717, 1.165) is 12.0 Å². The zero-order chi connectivity index (χ0) is 20.1. The number of hydrogen-bond donors (Lipinski definition) is 1. The molecule has 0 aromatic heterocycles. The quantitative estimate of drug-likeness (QED) is 0.788. The number of rotatable bonds is 6. The van der Waals surface area contributed by atoms with Crippen molar-refractivity contribution in [3.8, 4) is 0 Å². The van der Waals surface area contributed by atoms with Crippen LogP contribution in [0.5, 0.6) is 0 Å². The molecule has 1 heterocycles. The van der Waals surface area contributed by atoms with Crippen molar-refractivity contribution < 1.29 is 26.4 Å². The minimum Gasteiger partial charge on any atom is -0.338 e. The van der Waals surface area contributed by atoms with E-state index in [1.54, 1.807) is 11.9 Å². The van der Waals surface area contributed by atoms with Crippen LogP contribution >= 0.6 is 0 Å². The third-order valence-electron chi connectivity index (χ3n) is 4.67. The monoisotopic (exact) mass is 407 g/mol. The number of benzene rings is 1. The normalized spacial score (nSPS) is 16.9. The van der Waals surface area contributed by atoms with Crippen molar-refractivity contribution in [3.05, 3.63) is 35.9 Å². The molecule has 152 valence electrons. The Morgan fingerprint density at radius 3 is 2.37 bits per heavy atom. The van der Waals surface area contributed by atoms with E-state index in [9.17, 15) is 26.4 Å². The first kappa shape index (κ1) is 21.5. The fraction of sp³-hybridized carbons (Fsp3) is 0.588. The lowest BCUT2D eigenvalue weighted by molar-refractivity contribution is -0.0496. The predicted molar refractivity (Wildman–Crippen MR) is 95.4 cm³/mol. The SMILES string of the molecule is CN(CCc1ccccc1)C(=O)NCC1CCN(S(=O)(=O)C(F)(F)F)CC1. The molecule has 6 nitrogen and oxygen atoms in total. The first-order valence-corrected chi connectivity index (χ1v) is 10.1. The Morgan fingerprint density at radius 2 is 1.81 bits per heavy atom. The van der Waals surface area contributed by atoms with E-state index >= 15 is 0 Å². The van der Waals surface area contributed by atoms with Crippen molar-refractivity contribution in [3.63, 3.8) is 0 Å². The van der Waals surface area contributed by atoms with Gasteiger partial charge in [-0.1, -0.05) is 30.3 Å². The Morgan fingerprint density at radius 1 is 1.22 bits per heavy atom. The molecule has 0 unspecified atom stereocenters. The van der Waals surface area contributed by atoms with Crippen molar-refractivity contribution >= 4 is 16.1 Å². The molecule has 10 heteroatoms. The van der Waals surface area contributed by atoms with Crippen LogP contribution in [0.25, 0.3) is 0 Å². The molecule has 0 spiro atoms. The van der Waals surface area contributed by atoms with Gasteiger partial charge in [-0.05, 0) is 30.7 Å². The maximum absolute atomic E-state index is 12.6. The van der Waals surface area contributed by atoms with Crippen molar-refractivity contribution in [2.75, 3.05) is 33.2 Å². The van der Waals surface area contributed by atoms with Gasteiger partial charge < -0.3 is 10.2 Å². The highest BCUT2D eigenvalue weighted by Gasteiger charge is 2.50. The lowest BCUT2D eigenvalue weighted by Crippen LogP contribution is -2.47. The maximum Gasteiger partial charge on any atom is 0.511 e. The van der Waals surface area contributed by atoms with Gasteiger partial charge in [0.1, 0.15) is 0 Å². The molecule has 0 aliphatic carbocycles. The largest absolute Gasteiger partial charge is 0.511 e. The number of sulfonamides is 1. The number of carbonyl (C=O) groups is 1. The second-order valence-electron chi connectivity index (χ2n) is 6.64. The van der Waals surface area contributed by atoms with Crippen LogP contribution < -0.4 is 5.32 Å². The van der Waals surface area contributed by atoms with Gasteiger partial charge in [0.15, 0.2) is 0 Å². The molecular weight excluding hydrogens is 383 g/mol. The Bertz CT molecular complexity index is 718. The van der Waals surface area contributed by atoms with Crippen molar-refractivity contribution in [1.82, 2.24) is 14.5 Å². The first-order valence-electron chi connectivity index (χ1n) is 8.70. The Kier molecular flexibility index (Phi) is 7.10. The molecule has 1 saturated heterocycles. The standard InChI is InChI=1S/C17H24F3N3O3S/c1-22(10-7-14-5-3-2-4-6-14)16(24)21-13-15-8-11-23(12-9-15)27(25,26)17(18,19)20/h2-6,15H,7-13H2,1H3,(H,21,24). The van der Waals surface area contributed by atoms with E-state index in [1.165, 1.54) is 0 Å². The highest BCUT2D eigenvalue weighted by molar-refractivity contribution is 7.90. The molecule has 0 atom stereocenters. The summed E-state index contributed by atoms with van der Waals surface area (Å²) in [4.78, 5) is 13.7. The van der Waals surface area contributed by atoms with Crippen molar-refractivity contribution in [2.24, 2.45) is 5.92 Å². The Hall–Kier alpha value is -1.81. The van der Waals surface area contributed by atoms with E-state index in [0.29, 0.717) is 17.4 Å². The Labute approximate surface area is 157 Å². The summed E-state index contributed by atoms with van der Waals surface area (Å²) in [7, 11) is -3.59. The molecule has 1 N–H and O–H groups in total. The second-order valence-corrected chi connectivity index (χ2v) is 8.57. The predicted octanol–water partition coefficient (Wildman–Crippen LogP) is 2.43. The number of nitrogens with one attached hydrogen (secondary N) is 1. The number of likely N-dealkylation sites (N-methyl/N-ethyl adjacent to an activating group) is 1. The molecule has 0 bridgehead atoms. The van der Waals surface area contributed by atoms with Gasteiger partial charge in [0.2, 0.25) is 0 Å². The average molecular weight is 407 g/mol. The van der Waals surface area contributed by atoms with Gasteiger partial charge in [-0.25, -0.2) is 13.2 Å². The van der Waals surface area contributed by atoms with Gasteiger partial charge in [-0.15, -0.1) is 0 Å². The maximum atomic E-state index is 12.6. The molecule has 1 aromatic carbocycles. The molecule has 1 aliphatic heterocycles. The average Bonchev–Trinajstić information content (AvgIpc) is 2.64. The number of halogens is 3. The zero-order valence-corrected chi connectivity index (χ0v) is 15.9. The van der Waals surface area contributed by atoms with E-state index in [2.05, 4.69) is 5.32 Å². The third kappa shape index (κ3) is 5.83. The number of amides is 2. The van der Waals surface area contributed by atoms with Crippen LogP contribution in [0.3, 0.4) is 0 Å². The van der Waals surface area contributed by atoms with Gasteiger partial charge in [-0.3, -0.25) is 0 Å². The van der Waals surface area contributed by atoms with Crippen LogP contribution in [0.1, 0.15) is 18.4 Å². The highest BCUT2D eigenvalue weighted by Crippen LogP contribution is 2.30. The molecule has 2 amide bonds. The van der Waals surface area contributed by atoms with Crippen molar-refractivity contribution in [2.45, 2.75) is 24.8 Å². The molecule has 0 radical (unpaired) electrons. The van der Waals surface area contributed by atoms with Crippen LogP contribution in [-0.4, -0.2) is 62.4 Å². The van der Waals surface area contributed by atoms with Gasteiger partial charge in [0, 0.05) is 33.2 Å². The molecule has 1 aliphatic rings. The number of carbonyl (C=O) groups excluding carboxylic acids is 1. The minimum absolute atomic E-state index is 0.0452. The summed E-state index contributed by atoms with van der Waals surface area (Å²) < 4.78 is 60.9. The van der Waals surface area contributed by atoms with Gasteiger partial charge in [-0.2, -0.15) is 17.5 Å². The minimum atomic E-state index is -5.27. The van der Waals surface area contributed by atoms with E-state index in [1.807, 2.05) is 30.3 Å². The fourth-order valence-corrected chi connectivity index (χ4v) is 3.89. The summed E-state index contributed by atoms with van der Waals surface area (Å²) in [6, 6.07) is 9.49. The van der Waals surface area contributed by atoms with Gasteiger partial charge in [0.05, 0.1) is 0 Å². The summed E-state index contributed by atoms with van der Waals surface area (Å²) in [5.41, 5.74) is -4.15. The number of piperidine rings is 1. The van der Waals surface area contributed by atoms with E-state index < -0.39 is 15.5 Å². The van der Waals surface area contributed by atoms with Crippen LogP contribution in [0.4, 0.5) is 18.0 Å². The first-order chi connectivity index (χ1) is 12.6. The molecule has 2 rings (SSSR count). The highest BCUT2D eigenvalue weighted by atomic mass is 32.2. The second kappa shape index (κ2) is 8.92. The van der Waals surface area contributed by atoms with E-state index in [-0.39, 0.29) is 37.9 Å². The van der Waals surface area contributed by atoms with Gasteiger partial charge >= 0.3 is 21.6 Å². The number of alkyl halides is 3. The number of urea groups is 1. The summed E-state index contributed by atoms with van der Waals surface area (Å²) in [6.45, 7) is 0.477.